The largest absolute Gasteiger partial charge is 0.502 e. The Labute approximate surface area is 311 Å². The third kappa shape index (κ3) is 6.57. The number of ether oxygens (including phenoxy) is 5. The molecule has 14 nitrogen and oxygen atoms in total. The van der Waals surface area contributed by atoms with Crippen molar-refractivity contribution in [1.29, 1.82) is 0 Å². The molecule has 2 fully saturated rings. The lowest BCUT2D eigenvalue weighted by Crippen LogP contribution is -2.38. The maximum atomic E-state index is 13.5. The van der Waals surface area contributed by atoms with E-state index < -0.39 is 16.8 Å². The van der Waals surface area contributed by atoms with E-state index in [4.69, 9.17) is 23.7 Å². The summed E-state index contributed by atoms with van der Waals surface area (Å²) in [6.45, 7) is 2.48. The predicted octanol–water partition coefficient (Wildman–Crippen LogP) is 5.98. The molecule has 3 aliphatic heterocycles. The fourth-order valence-corrected chi connectivity index (χ4v) is 8.25. The zero-order chi connectivity index (χ0) is 37.5. The number of nitro groups is 1. The lowest BCUT2D eigenvalue weighted by atomic mass is 9.65. The molecule has 8 rings (SSSR count). The number of carbonyl (C=O) groups excluding carboxylic acids is 2. The van der Waals surface area contributed by atoms with Gasteiger partial charge in [-0.05, 0) is 96.7 Å². The van der Waals surface area contributed by atoms with Gasteiger partial charge in [-0.25, -0.2) is 0 Å². The first-order chi connectivity index (χ1) is 26.2. The number of nitro benzene ring substituents is 1. The Balaban J connectivity index is 0.980. The Hall–Kier alpha value is -6.02. The average molecular weight is 737 g/mol. The molecule has 280 valence electrons. The Kier molecular flexibility index (Phi) is 9.36. The number of likely N-dealkylation sites (tertiary alicyclic amines) is 1. The van der Waals surface area contributed by atoms with Gasteiger partial charge in [0.05, 0.1) is 37.7 Å². The molecule has 4 atom stereocenters. The van der Waals surface area contributed by atoms with Gasteiger partial charge >= 0.3 is 5.97 Å². The Morgan fingerprint density at radius 3 is 2.17 bits per heavy atom. The number of hydrogen-bond acceptors (Lipinski definition) is 12. The number of carbonyl (C=O) groups is 2. The fourth-order valence-electron chi connectivity index (χ4n) is 8.25. The van der Waals surface area contributed by atoms with Crippen molar-refractivity contribution in [2.24, 2.45) is 17.8 Å². The molecule has 0 radical (unpaired) electrons. The number of benzene rings is 4. The Morgan fingerprint density at radius 2 is 1.54 bits per heavy atom. The van der Waals surface area contributed by atoms with Gasteiger partial charge in [0.25, 0.3) is 5.69 Å². The van der Waals surface area contributed by atoms with Gasteiger partial charge in [-0.3, -0.25) is 24.6 Å². The molecule has 4 aromatic rings. The zero-order valence-corrected chi connectivity index (χ0v) is 29.8. The second-order valence-corrected chi connectivity index (χ2v) is 14.1. The molecule has 3 N–H and O–H groups in total. The Morgan fingerprint density at radius 1 is 0.907 bits per heavy atom. The van der Waals surface area contributed by atoms with Crippen molar-refractivity contribution < 1.29 is 43.3 Å². The van der Waals surface area contributed by atoms with E-state index in [0.717, 1.165) is 41.0 Å². The number of rotatable bonds is 10. The molecule has 2 saturated heterocycles. The number of phenols is 1. The van der Waals surface area contributed by atoms with E-state index in [9.17, 15) is 24.8 Å². The SMILES string of the molecule is COc1cc([C@@H]2c3cc4c(cc3[C@@H](Nc3ccc(NC(=O)C5CCN(Cc6ccc([N+](=O)[O-])cc6)CC5)cc3)[C@H]3COC(=O)[C@H]23)OCO4)cc(OC)c1O. The molecular formula is C40H40N4O10. The number of phenolic OH excluding ortho intramolecular Hbond substituents is 1. The molecular weight excluding hydrogens is 696 g/mol. The number of aromatic hydroxyl groups is 1. The van der Waals surface area contributed by atoms with E-state index in [2.05, 4.69) is 15.5 Å². The van der Waals surface area contributed by atoms with Crippen molar-refractivity contribution in [3.8, 4) is 28.7 Å². The van der Waals surface area contributed by atoms with Crippen molar-refractivity contribution >= 4 is 28.9 Å². The summed E-state index contributed by atoms with van der Waals surface area (Å²) in [6.07, 6.45) is 1.43. The van der Waals surface area contributed by atoms with Crippen LogP contribution in [0.3, 0.4) is 0 Å². The zero-order valence-electron chi connectivity index (χ0n) is 29.8. The smallest absolute Gasteiger partial charge is 0.310 e. The number of nitrogens with one attached hydrogen (secondary N) is 2. The van der Waals surface area contributed by atoms with Crippen LogP contribution in [0.4, 0.5) is 17.1 Å². The van der Waals surface area contributed by atoms with Crippen LogP contribution in [0.1, 0.15) is 47.1 Å². The highest BCUT2D eigenvalue weighted by atomic mass is 16.7. The molecule has 0 aromatic heterocycles. The molecule has 0 bridgehead atoms. The standard InChI is InChI=1S/C40H40N4O10/c1-50-33-15-24(16-34(51-2)38(33)45)35-28-17-31-32(54-21-53-31)18-29(28)37(30-20-52-40(47)36(30)35)41-25-5-7-26(8-6-25)42-39(46)23-11-13-43(14-12-23)19-22-3-9-27(10-4-22)44(48)49/h3-10,15-18,23,30,35-37,41,45H,11-14,19-21H2,1-2H3,(H,42,46)/t30-,35+,36-,37+/m0/s1. The van der Waals surface area contributed by atoms with Gasteiger partial charge in [0, 0.05) is 47.8 Å². The number of non-ortho nitro benzene ring substituents is 1. The normalized spacial score (nSPS) is 21.8. The van der Waals surface area contributed by atoms with Crippen LogP contribution in [0.2, 0.25) is 0 Å². The lowest BCUT2D eigenvalue weighted by Gasteiger charge is -2.40. The van der Waals surface area contributed by atoms with Crippen molar-refractivity contribution in [2.75, 3.05) is 51.3 Å². The maximum Gasteiger partial charge on any atom is 0.310 e. The van der Waals surface area contributed by atoms with Crippen molar-refractivity contribution in [3.63, 3.8) is 0 Å². The number of amides is 1. The van der Waals surface area contributed by atoms with E-state index in [1.807, 2.05) is 36.4 Å². The number of methoxy groups -OCH3 is 2. The number of cyclic esters (lactones) is 1. The van der Waals surface area contributed by atoms with Gasteiger partial charge in [0.1, 0.15) is 0 Å². The third-order valence-electron chi connectivity index (χ3n) is 11.0. The number of piperidine rings is 1. The molecule has 0 unspecified atom stereocenters. The molecule has 4 aromatic carbocycles. The molecule has 54 heavy (non-hydrogen) atoms. The van der Waals surface area contributed by atoms with Gasteiger partial charge in [0.2, 0.25) is 18.4 Å². The van der Waals surface area contributed by atoms with Crippen LogP contribution in [-0.2, 0) is 20.9 Å². The number of esters is 1. The summed E-state index contributed by atoms with van der Waals surface area (Å²) in [7, 11) is 2.93. The summed E-state index contributed by atoms with van der Waals surface area (Å²) in [5, 5.41) is 28.3. The first kappa shape index (κ1) is 35.0. The highest BCUT2D eigenvalue weighted by Crippen LogP contribution is 2.56. The first-order valence-corrected chi connectivity index (χ1v) is 17.9. The van der Waals surface area contributed by atoms with Crippen LogP contribution in [0.5, 0.6) is 28.7 Å². The first-order valence-electron chi connectivity index (χ1n) is 17.9. The highest BCUT2D eigenvalue weighted by Gasteiger charge is 2.52. The number of anilines is 2. The molecule has 1 amide bonds. The average Bonchev–Trinajstić information content (AvgIpc) is 3.81. The van der Waals surface area contributed by atoms with Gasteiger partial charge in [0.15, 0.2) is 23.0 Å². The maximum absolute atomic E-state index is 13.5. The highest BCUT2D eigenvalue weighted by molar-refractivity contribution is 5.92. The van der Waals surface area contributed by atoms with Gasteiger partial charge < -0.3 is 39.4 Å². The summed E-state index contributed by atoms with van der Waals surface area (Å²) in [4.78, 5) is 39.6. The summed E-state index contributed by atoms with van der Waals surface area (Å²) in [6, 6.07) is 21.1. The minimum absolute atomic E-state index is 0.0269. The number of fused-ring (bicyclic) bond motifs is 3. The quantitative estimate of drug-likeness (QED) is 0.0990. The van der Waals surface area contributed by atoms with Crippen molar-refractivity contribution in [3.05, 3.63) is 105 Å². The Bertz CT molecular complexity index is 2060. The van der Waals surface area contributed by atoms with Gasteiger partial charge in [-0.2, -0.15) is 0 Å². The molecule has 4 aliphatic rings. The van der Waals surface area contributed by atoms with E-state index in [1.54, 1.807) is 24.3 Å². The van der Waals surface area contributed by atoms with Crippen LogP contribution in [0.15, 0.2) is 72.8 Å². The van der Waals surface area contributed by atoms with E-state index in [0.29, 0.717) is 36.6 Å². The minimum atomic E-state index is -0.562. The topological polar surface area (TPSA) is 171 Å². The van der Waals surface area contributed by atoms with Crippen LogP contribution in [0, 0.1) is 27.9 Å². The van der Waals surface area contributed by atoms with Crippen LogP contribution in [0.25, 0.3) is 0 Å². The summed E-state index contributed by atoms with van der Waals surface area (Å²) in [5.41, 5.74) is 5.05. The molecule has 0 saturated carbocycles. The van der Waals surface area contributed by atoms with E-state index in [1.165, 1.54) is 26.4 Å². The molecule has 1 aliphatic carbocycles. The van der Waals surface area contributed by atoms with E-state index >= 15 is 0 Å². The summed E-state index contributed by atoms with van der Waals surface area (Å²) in [5.74, 6) is -0.225. The minimum Gasteiger partial charge on any atom is -0.502 e. The summed E-state index contributed by atoms with van der Waals surface area (Å²) < 4.78 is 28.2. The molecule has 3 heterocycles. The fraction of sp³-hybridized carbons (Fsp3) is 0.350. The van der Waals surface area contributed by atoms with Crippen LogP contribution >= 0.6 is 0 Å². The number of hydrogen-bond donors (Lipinski definition) is 3. The van der Waals surface area contributed by atoms with Crippen molar-refractivity contribution in [1.82, 2.24) is 4.90 Å². The van der Waals surface area contributed by atoms with Gasteiger partial charge in [-0.15, -0.1) is 0 Å². The van der Waals surface area contributed by atoms with Crippen molar-refractivity contribution in [2.45, 2.75) is 31.3 Å². The third-order valence-corrected chi connectivity index (χ3v) is 11.0. The molecule has 14 heteroatoms. The van der Waals surface area contributed by atoms with Crippen LogP contribution in [-0.4, -0.2) is 67.5 Å². The van der Waals surface area contributed by atoms with E-state index in [-0.39, 0.29) is 66.1 Å². The summed E-state index contributed by atoms with van der Waals surface area (Å²) >= 11 is 0. The monoisotopic (exact) mass is 736 g/mol. The van der Waals surface area contributed by atoms with Gasteiger partial charge in [-0.1, -0.05) is 12.1 Å². The van der Waals surface area contributed by atoms with Crippen LogP contribution < -0.4 is 29.6 Å². The lowest BCUT2D eigenvalue weighted by molar-refractivity contribution is -0.384. The number of nitrogens with zero attached hydrogens (tertiary/aromatic N) is 2. The molecule has 0 spiro atoms. The second kappa shape index (κ2) is 14.4. The second-order valence-electron chi connectivity index (χ2n) is 14.1. The predicted molar refractivity (Wildman–Crippen MR) is 196 cm³/mol.